The third kappa shape index (κ3) is 3.80. The average molecular weight is 252 g/mol. The summed E-state index contributed by atoms with van der Waals surface area (Å²) in [6.45, 7) is 6.05. The van der Waals surface area contributed by atoms with E-state index in [2.05, 4.69) is 43.0 Å². The lowest BCUT2D eigenvalue weighted by Gasteiger charge is -2.18. The van der Waals surface area contributed by atoms with Gasteiger partial charge in [0.1, 0.15) is 0 Å². The van der Waals surface area contributed by atoms with Gasteiger partial charge in [-0.15, -0.1) is 11.3 Å². The minimum absolute atomic E-state index is 0.633. The number of likely N-dealkylation sites (tertiary alicyclic amines) is 1. The molecule has 1 fully saturated rings. The van der Waals surface area contributed by atoms with Crippen LogP contribution in [-0.4, -0.2) is 43.0 Å². The molecule has 0 aromatic carbocycles. The Bertz CT molecular complexity index is 321. The summed E-state index contributed by atoms with van der Waals surface area (Å²) in [5.41, 5.74) is 0. The van der Waals surface area contributed by atoms with E-state index in [0.29, 0.717) is 6.04 Å². The maximum atomic E-state index is 2.57. The van der Waals surface area contributed by atoms with Crippen molar-refractivity contribution >= 4 is 11.3 Å². The average Bonchev–Trinajstić information content (AvgIpc) is 2.91. The Labute approximate surface area is 109 Å². The molecule has 2 heterocycles. The topological polar surface area (TPSA) is 6.48 Å². The van der Waals surface area contributed by atoms with Crippen molar-refractivity contribution in [3.05, 3.63) is 21.9 Å². The van der Waals surface area contributed by atoms with E-state index in [9.17, 15) is 0 Å². The quantitative estimate of drug-likeness (QED) is 0.795. The molecule has 2 nitrogen and oxygen atoms in total. The monoisotopic (exact) mass is 252 g/mol. The van der Waals surface area contributed by atoms with Crippen LogP contribution < -0.4 is 0 Å². The van der Waals surface area contributed by atoms with Crippen LogP contribution in [0.4, 0.5) is 0 Å². The van der Waals surface area contributed by atoms with Crippen LogP contribution in [0.2, 0.25) is 0 Å². The van der Waals surface area contributed by atoms with Gasteiger partial charge in [0, 0.05) is 22.3 Å². The molecule has 17 heavy (non-hydrogen) atoms. The first-order chi connectivity index (χ1) is 8.15. The van der Waals surface area contributed by atoms with Gasteiger partial charge in [0.05, 0.1) is 0 Å². The van der Waals surface area contributed by atoms with E-state index in [4.69, 9.17) is 0 Å². The summed E-state index contributed by atoms with van der Waals surface area (Å²) >= 11 is 2.00. The zero-order valence-corrected chi connectivity index (χ0v) is 12.1. The van der Waals surface area contributed by atoms with Gasteiger partial charge >= 0.3 is 0 Å². The maximum Gasteiger partial charge on any atom is 0.0328 e. The normalized spacial score (nSPS) is 19.1. The number of hydrogen-bond donors (Lipinski definition) is 0. The van der Waals surface area contributed by atoms with Gasteiger partial charge in [-0.3, -0.25) is 4.90 Å². The summed E-state index contributed by atoms with van der Waals surface area (Å²) in [6.07, 6.45) is 3.95. The lowest BCUT2D eigenvalue weighted by molar-refractivity contribution is 0.313. The van der Waals surface area contributed by atoms with Crippen LogP contribution >= 0.6 is 11.3 Å². The zero-order chi connectivity index (χ0) is 12.3. The molecule has 0 aliphatic carbocycles. The number of hydrogen-bond acceptors (Lipinski definition) is 3. The molecular weight excluding hydrogens is 228 g/mol. The molecule has 0 spiro atoms. The molecule has 1 aliphatic rings. The zero-order valence-electron chi connectivity index (χ0n) is 11.3. The Balaban J connectivity index is 1.86. The molecule has 1 aliphatic heterocycles. The number of thiophene rings is 1. The van der Waals surface area contributed by atoms with E-state index in [-0.39, 0.29) is 0 Å². The molecule has 1 atom stereocenters. The molecule has 1 aromatic rings. The molecule has 1 unspecified atom stereocenters. The highest BCUT2D eigenvalue weighted by atomic mass is 32.1. The van der Waals surface area contributed by atoms with Crippen molar-refractivity contribution in [2.75, 3.05) is 27.2 Å². The summed E-state index contributed by atoms with van der Waals surface area (Å²) in [5.74, 6) is 0. The fraction of sp³-hybridized carbons (Fsp3) is 0.714. The minimum atomic E-state index is 0.633. The molecule has 0 radical (unpaired) electrons. The molecule has 0 amide bonds. The molecule has 3 heteroatoms. The second kappa shape index (κ2) is 5.98. The van der Waals surface area contributed by atoms with Crippen LogP contribution in [-0.2, 0) is 13.0 Å². The maximum absolute atomic E-state index is 2.57. The van der Waals surface area contributed by atoms with E-state index < -0.39 is 0 Å². The molecular formula is C14H24N2S. The minimum Gasteiger partial charge on any atom is -0.306 e. The van der Waals surface area contributed by atoms with Gasteiger partial charge in [-0.2, -0.15) is 0 Å². The van der Waals surface area contributed by atoms with Crippen molar-refractivity contribution in [2.45, 2.75) is 38.8 Å². The predicted molar refractivity (Wildman–Crippen MR) is 75.7 cm³/mol. The first-order valence-electron chi connectivity index (χ1n) is 6.61. The number of rotatable bonds is 5. The largest absolute Gasteiger partial charge is 0.306 e. The predicted octanol–water partition coefficient (Wildman–Crippen LogP) is 2.84. The van der Waals surface area contributed by atoms with Crippen molar-refractivity contribution in [3.8, 4) is 0 Å². The number of likely N-dealkylation sites (N-methyl/N-ethyl adjacent to an activating group) is 1. The third-order valence-corrected chi connectivity index (χ3v) is 4.77. The Morgan fingerprint density at radius 3 is 2.53 bits per heavy atom. The highest BCUT2D eigenvalue weighted by molar-refractivity contribution is 7.11. The Morgan fingerprint density at radius 1 is 1.24 bits per heavy atom. The molecule has 0 N–H and O–H groups in total. The van der Waals surface area contributed by atoms with Crippen LogP contribution in [0.25, 0.3) is 0 Å². The third-order valence-electron chi connectivity index (χ3n) is 3.67. The van der Waals surface area contributed by atoms with E-state index >= 15 is 0 Å². The van der Waals surface area contributed by atoms with Crippen molar-refractivity contribution in [2.24, 2.45) is 0 Å². The highest BCUT2D eigenvalue weighted by Gasteiger charge is 2.13. The van der Waals surface area contributed by atoms with Crippen LogP contribution in [0.15, 0.2) is 12.1 Å². The van der Waals surface area contributed by atoms with Crippen molar-refractivity contribution in [3.63, 3.8) is 0 Å². The Morgan fingerprint density at radius 2 is 1.88 bits per heavy atom. The van der Waals surface area contributed by atoms with Crippen molar-refractivity contribution in [1.82, 2.24) is 9.80 Å². The van der Waals surface area contributed by atoms with Crippen LogP contribution in [0.3, 0.4) is 0 Å². The van der Waals surface area contributed by atoms with Gasteiger partial charge in [0.2, 0.25) is 0 Å². The first-order valence-corrected chi connectivity index (χ1v) is 7.43. The fourth-order valence-corrected chi connectivity index (χ4v) is 3.43. The molecule has 0 saturated carbocycles. The summed E-state index contributed by atoms with van der Waals surface area (Å²) in [7, 11) is 4.31. The van der Waals surface area contributed by atoms with E-state index in [1.165, 1.54) is 48.7 Å². The second-order valence-electron chi connectivity index (χ2n) is 5.37. The lowest BCUT2D eigenvalue weighted by atomic mass is 10.2. The van der Waals surface area contributed by atoms with Crippen LogP contribution in [0.1, 0.15) is 29.5 Å². The molecule has 0 bridgehead atoms. The number of nitrogens with zero attached hydrogens (tertiary/aromatic N) is 2. The molecule has 96 valence electrons. The summed E-state index contributed by atoms with van der Waals surface area (Å²) in [5, 5.41) is 0. The van der Waals surface area contributed by atoms with E-state index in [1.54, 1.807) is 0 Å². The highest BCUT2D eigenvalue weighted by Crippen LogP contribution is 2.22. The lowest BCUT2D eigenvalue weighted by Crippen LogP contribution is -2.26. The SMILES string of the molecule is CC(Cc1ccc(CN2CCCC2)s1)N(C)C. The summed E-state index contributed by atoms with van der Waals surface area (Å²) in [4.78, 5) is 7.93. The van der Waals surface area contributed by atoms with Crippen LogP contribution in [0.5, 0.6) is 0 Å². The fourth-order valence-electron chi connectivity index (χ4n) is 2.25. The van der Waals surface area contributed by atoms with E-state index in [1.807, 2.05) is 11.3 Å². The smallest absolute Gasteiger partial charge is 0.0328 e. The standard InChI is InChI=1S/C14H24N2S/c1-12(15(2)3)10-13-6-7-14(17-13)11-16-8-4-5-9-16/h6-7,12H,4-5,8-11H2,1-3H3. The van der Waals surface area contributed by atoms with Gasteiger partial charge in [-0.25, -0.2) is 0 Å². The Kier molecular flexibility index (Phi) is 4.60. The molecule has 2 rings (SSSR count). The van der Waals surface area contributed by atoms with Gasteiger partial charge in [-0.1, -0.05) is 0 Å². The summed E-state index contributed by atoms with van der Waals surface area (Å²) in [6, 6.07) is 5.27. The molecule has 1 saturated heterocycles. The first kappa shape index (κ1) is 13.1. The van der Waals surface area contributed by atoms with E-state index in [0.717, 1.165) is 0 Å². The molecule has 1 aromatic heterocycles. The van der Waals surface area contributed by atoms with Crippen LogP contribution in [0, 0.1) is 0 Å². The van der Waals surface area contributed by atoms with Gasteiger partial charge in [0.15, 0.2) is 0 Å². The van der Waals surface area contributed by atoms with Gasteiger partial charge < -0.3 is 4.90 Å². The van der Waals surface area contributed by atoms with Crippen molar-refractivity contribution < 1.29 is 0 Å². The Hall–Kier alpha value is -0.380. The van der Waals surface area contributed by atoms with Crippen molar-refractivity contribution in [1.29, 1.82) is 0 Å². The second-order valence-corrected chi connectivity index (χ2v) is 6.62. The summed E-state index contributed by atoms with van der Waals surface area (Å²) < 4.78 is 0. The van der Waals surface area contributed by atoms with Gasteiger partial charge in [0.25, 0.3) is 0 Å². The van der Waals surface area contributed by atoms with Gasteiger partial charge in [-0.05, 0) is 65.5 Å².